The Hall–Kier alpha value is -2.30. The number of carbonyl (C=O) groups is 2. The van der Waals surface area contributed by atoms with Crippen molar-refractivity contribution in [1.82, 2.24) is 5.32 Å². The maximum atomic E-state index is 11.9. The average molecular weight is 330 g/mol. The van der Waals surface area contributed by atoms with Crippen molar-refractivity contribution in [2.45, 2.75) is 39.0 Å². The number of rotatable bonds is 6. The van der Waals surface area contributed by atoms with E-state index in [0.717, 1.165) is 17.8 Å². The van der Waals surface area contributed by atoms with Crippen LogP contribution in [0.4, 0.5) is 10.5 Å². The first-order valence-electron chi connectivity index (χ1n) is 8.67. The molecule has 5 heteroatoms. The van der Waals surface area contributed by atoms with Gasteiger partial charge in [-0.25, -0.2) is 9.59 Å². The van der Waals surface area contributed by atoms with E-state index in [1.54, 1.807) is 13.0 Å². The highest BCUT2D eigenvalue weighted by Crippen LogP contribution is 2.22. The van der Waals surface area contributed by atoms with E-state index in [4.69, 9.17) is 4.74 Å². The summed E-state index contributed by atoms with van der Waals surface area (Å²) in [5.41, 5.74) is 1.60. The number of amides is 2. The maximum absolute atomic E-state index is 11.9. The van der Waals surface area contributed by atoms with Crippen molar-refractivity contribution in [1.29, 1.82) is 0 Å². The number of anilines is 1. The summed E-state index contributed by atoms with van der Waals surface area (Å²) in [4.78, 5) is 23.2. The molecule has 0 saturated heterocycles. The van der Waals surface area contributed by atoms with Crippen molar-refractivity contribution in [2.24, 2.45) is 5.92 Å². The van der Waals surface area contributed by atoms with Crippen LogP contribution in [-0.2, 0) is 9.53 Å². The van der Waals surface area contributed by atoms with Crippen LogP contribution < -0.4 is 10.6 Å². The minimum Gasteiger partial charge on any atom is -0.463 e. The highest BCUT2D eigenvalue weighted by molar-refractivity contribution is 5.90. The van der Waals surface area contributed by atoms with Gasteiger partial charge in [0.1, 0.15) is 0 Å². The SMILES string of the molecule is CCOC(=O)/C=C/c1ccc(NC(=O)NCC2CCCCC2)cc1. The van der Waals surface area contributed by atoms with E-state index in [-0.39, 0.29) is 12.0 Å². The lowest BCUT2D eigenvalue weighted by Crippen LogP contribution is -2.33. The fraction of sp³-hybridized carbons (Fsp3) is 0.474. The minimum atomic E-state index is -0.359. The third kappa shape index (κ3) is 6.44. The van der Waals surface area contributed by atoms with Crippen molar-refractivity contribution in [3.8, 4) is 0 Å². The second-order valence-electron chi connectivity index (χ2n) is 6.05. The molecule has 0 bridgehead atoms. The van der Waals surface area contributed by atoms with E-state index in [1.807, 2.05) is 24.3 Å². The molecule has 5 nitrogen and oxygen atoms in total. The van der Waals surface area contributed by atoms with Crippen molar-refractivity contribution < 1.29 is 14.3 Å². The van der Waals surface area contributed by atoms with Gasteiger partial charge in [0.15, 0.2) is 0 Å². The molecule has 1 aliphatic carbocycles. The molecule has 2 amide bonds. The zero-order chi connectivity index (χ0) is 17.2. The minimum absolute atomic E-state index is 0.171. The van der Waals surface area contributed by atoms with Gasteiger partial charge >= 0.3 is 12.0 Å². The van der Waals surface area contributed by atoms with Gasteiger partial charge in [-0.15, -0.1) is 0 Å². The molecular formula is C19H26N2O3. The lowest BCUT2D eigenvalue weighted by Gasteiger charge is -2.21. The van der Waals surface area contributed by atoms with Gasteiger partial charge in [-0.1, -0.05) is 31.4 Å². The summed E-state index contributed by atoms with van der Waals surface area (Å²) in [6.45, 7) is 2.87. The molecule has 0 spiro atoms. The number of nitrogens with one attached hydrogen (secondary N) is 2. The van der Waals surface area contributed by atoms with Gasteiger partial charge in [0.25, 0.3) is 0 Å². The summed E-state index contributed by atoms with van der Waals surface area (Å²) < 4.78 is 4.83. The molecule has 0 atom stereocenters. The second-order valence-corrected chi connectivity index (χ2v) is 6.05. The standard InChI is InChI=1S/C19H26N2O3/c1-2-24-18(22)13-10-15-8-11-17(12-9-15)21-19(23)20-14-16-6-4-3-5-7-16/h8-13,16H,2-7,14H2,1H3,(H2,20,21,23)/b13-10+. The summed E-state index contributed by atoms with van der Waals surface area (Å²) in [7, 11) is 0. The summed E-state index contributed by atoms with van der Waals surface area (Å²) >= 11 is 0. The van der Waals surface area contributed by atoms with E-state index in [2.05, 4.69) is 10.6 Å². The summed E-state index contributed by atoms with van der Waals surface area (Å²) in [6, 6.07) is 7.13. The Labute approximate surface area is 143 Å². The van der Waals surface area contributed by atoms with E-state index < -0.39 is 0 Å². The van der Waals surface area contributed by atoms with Gasteiger partial charge in [0, 0.05) is 18.3 Å². The number of urea groups is 1. The highest BCUT2D eigenvalue weighted by atomic mass is 16.5. The molecule has 0 aromatic heterocycles. The molecule has 24 heavy (non-hydrogen) atoms. The van der Waals surface area contributed by atoms with E-state index in [0.29, 0.717) is 12.5 Å². The molecule has 0 radical (unpaired) electrons. The highest BCUT2D eigenvalue weighted by Gasteiger charge is 2.14. The molecule has 1 aromatic rings. The molecule has 0 unspecified atom stereocenters. The predicted molar refractivity (Wildman–Crippen MR) is 95.7 cm³/mol. The van der Waals surface area contributed by atoms with Crippen LogP contribution in [0.5, 0.6) is 0 Å². The molecule has 130 valence electrons. The number of benzene rings is 1. The topological polar surface area (TPSA) is 67.4 Å². The van der Waals surface area contributed by atoms with Crippen LogP contribution in [0.25, 0.3) is 6.08 Å². The molecule has 0 heterocycles. The third-order valence-corrected chi connectivity index (χ3v) is 4.14. The maximum Gasteiger partial charge on any atom is 0.330 e. The third-order valence-electron chi connectivity index (χ3n) is 4.14. The van der Waals surface area contributed by atoms with Gasteiger partial charge in [-0.2, -0.15) is 0 Å². The van der Waals surface area contributed by atoms with Crippen LogP contribution in [0.2, 0.25) is 0 Å². The summed E-state index contributed by atoms with van der Waals surface area (Å²) in [5, 5.41) is 5.77. The zero-order valence-corrected chi connectivity index (χ0v) is 14.2. The van der Waals surface area contributed by atoms with Gasteiger partial charge in [0.2, 0.25) is 0 Å². The summed E-state index contributed by atoms with van der Waals surface area (Å²) in [6.07, 6.45) is 9.36. The average Bonchev–Trinajstić information content (AvgIpc) is 2.60. The van der Waals surface area contributed by atoms with E-state index >= 15 is 0 Å². The normalized spacial score (nSPS) is 15.2. The molecule has 1 saturated carbocycles. The Bertz CT molecular complexity index is 560. The first-order valence-corrected chi connectivity index (χ1v) is 8.67. The number of hydrogen-bond donors (Lipinski definition) is 2. The number of esters is 1. The quantitative estimate of drug-likeness (QED) is 0.613. The fourth-order valence-electron chi connectivity index (χ4n) is 2.84. The van der Waals surface area contributed by atoms with E-state index in [9.17, 15) is 9.59 Å². The molecule has 1 fully saturated rings. The molecule has 2 N–H and O–H groups in total. The van der Waals surface area contributed by atoms with Gasteiger partial charge in [-0.05, 0) is 49.5 Å². The lowest BCUT2D eigenvalue weighted by molar-refractivity contribution is -0.137. The summed E-state index contributed by atoms with van der Waals surface area (Å²) in [5.74, 6) is 0.252. The second kappa shape index (κ2) is 9.75. The fourth-order valence-corrected chi connectivity index (χ4v) is 2.84. The molecular weight excluding hydrogens is 304 g/mol. The molecule has 0 aliphatic heterocycles. The predicted octanol–water partition coefficient (Wildman–Crippen LogP) is 3.96. The van der Waals surface area contributed by atoms with Crippen LogP contribution in [-0.4, -0.2) is 25.2 Å². The zero-order valence-electron chi connectivity index (χ0n) is 14.2. The van der Waals surface area contributed by atoms with Gasteiger partial charge < -0.3 is 15.4 Å². The van der Waals surface area contributed by atoms with Gasteiger partial charge in [-0.3, -0.25) is 0 Å². The van der Waals surface area contributed by atoms with Crippen molar-refractivity contribution in [3.05, 3.63) is 35.9 Å². The molecule has 1 aromatic carbocycles. The first-order chi connectivity index (χ1) is 11.7. The Morgan fingerprint density at radius 3 is 2.54 bits per heavy atom. The van der Waals surface area contributed by atoms with Crippen LogP contribution in [0, 0.1) is 5.92 Å². The van der Waals surface area contributed by atoms with E-state index in [1.165, 1.54) is 38.2 Å². The smallest absolute Gasteiger partial charge is 0.330 e. The van der Waals surface area contributed by atoms with Crippen molar-refractivity contribution in [2.75, 3.05) is 18.5 Å². The Morgan fingerprint density at radius 2 is 1.88 bits per heavy atom. The van der Waals surface area contributed by atoms with Crippen LogP contribution in [0.3, 0.4) is 0 Å². The number of carbonyl (C=O) groups excluding carboxylic acids is 2. The van der Waals surface area contributed by atoms with Crippen molar-refractivity contribution in [3.63, 3.8) is 0 Å². The Morgan fingerprint density at radius 1 is 1.17 bits per heavy atom. The number of hydrogen-bond acceptors (Lipinski definition) is 3. The van der Waals surface area contributed by atoms with Crippen LogP contribution >= 0.6 is 0 Å². The first kappa shape index (κ1) is 18.0. The van der Waals surface area contributed by atoms with Crippen LogP contribution in [0.15, 0.2) is 30.3 Å². The van der Waals surface area contributed by atoms with Gasteiger partial charge in [0.05, 0.1) is 6.61 Å². The van der Waals surface area contributed by atoms with Crippen LogP contribution in [0.1, 0.15) is 44.6 Å². The number of ether oxygens (including phenoxy) is 1. The van der Waals surface area contributed by atoms with Crippen molar-refractivity contribution >= 4 is 23.8 Å². The Kier molecular flexibility index (Phi) is 7.33. The largest absolute Gasteiger partial charge is 0.463 e. The Balaban J connectivity index is 1.76. The lowest BCUT2D eigenvalue weighted by atomic mass is 9.89. The molecule has 2 rings (SSSR count). The molecule has 1 aliphatic rings. The monoisotopic (exact) mass is 330 g/mol.